The van der Waals surface area contributed by atoms with Crippen LogP contribution in [0.4, 0.5) is 0 Å². The first kappa shape index (κ1) is 9.48. The SMILES string of the molecule is NNC(=O)c1ccc2cccc(O)c2c1. The van der Waals surface area contributed by atoms with E-state index >= 15 is 0 Å². The fourth-order valence-electron chi connectivity index (χ4n) is 1.48. The van der Waals surface area contributed by atoms with E-state index in [4.69, 9.17) is 5.84 Å². The summed E-state index contributed by atoms with van der Waals surface area (Å²) in [6.07, 6.45) is 0. The lowest BCUT2D eigenvalue weighted by Crippen LogP contribution is -2.29. The van der Waals surface area contributed by atoms with Crippen molar-refractivity contribution in [3.05, 3.63) is 42.0 Å². The predicted octanol–water partition coefficient (Wildman–Crippen LogP) is 1.15. The molecule has 0 radical (unpaired) electrons. The summed E-state index contributed by atoms with van der Waals surface area (Å²) in [6.45, 7) is 0. The summed E-state index contributed by atoms with van der Waals surface area (Å²) >= 11 is 0. The topological polar surface area (TPSA) is 75.3 Å². The van der Waals surface area contributed by atoms with E-state index in [9.17, 15) is 9.90 Å². The molecule has 0 aliphatic heterocycles. The normalized spacial score (nSPS) is 10.2. The van der Waals surface area contributed by atoms with E-state index in [1.165, 1.54) is 0 Å². The number of hydrazine groups is 1. The molecule has 2 aromatic rings. The average molecular weight is 202 g/mol. The molecule has 0 aliphatic rings. The fourth-order valence-corrected chi connectivity index (χ4v) is 1.48. The number of nitrogens with one attached hydrogen (secondary N) is 1. The Morgan fingerprint density at radius 1 is 1.27 bits per heavy atom. The van der Waals surface area contributed by atoms with Gasteiger partial charge in [-0.15, -0.1) is 0 Å². The highest BCUT2D eigenvalue weighted by atomic mass is 16.3. The van der Waals surface area contributed by atoms with Gasteiger partial charge < -0.3 is 5.11 Å². The summed E-state index contributed by atoms with van der Waals surface area (Å²) < 4.78 is 0. The number of hydrogen-bond donors (Lipinski definition) is 3. The molecule has 0 saturated heterocycles. The van der Waals surface area contributed by atoms with Crippen LogP contribution in [-0.4, -0.2) is 11.0 Å². The molecule has 0 saturated carbocycles. The van der Waals surface area contributed by atoms with Gasteiger partial charge >= 0.3 is 0 Å². The van der Waals surface area contributed by atoms with Gasteiger partial charge in [-0.05, 0) is 23.6 Å². The third-order valence-electron chi connectivity index (χ3n) is 2.25. The van der Waals surface area contributed by atoms with Crippen LogP contribution < -0.4 is 11.3 Å². The second-order valence-corrected chi connectivity index (χ2v) is 3.19. The van der Waals surface area contributed by atoms with Gasteiger partial charge in [0.25, 0.3) is 5.91 Å². The molecule has 0 aliphatic carbocycles. The standard InChI is InChI=1S/C11H10N2O2/c12-13-11(15)8-5-4-7-2-1-3-10(14)9(7)6-8/h1-6,14H,12H2,(H,13,15). The zero-order valence-corrected chi connectivity index (χ0v) is 7.90. The van der Waals surface area contributed by atoms with Crippen LogP contribution in [0.5, 0.6) is 5.75 Å². The van der Waals surface area contributed by atoms with Crippen molar-refractivity contribution in [3.63, 3.8) is 0 Å². The van der Waals surface area contributed by atoms with Gasteiger partial charge in [0, 0.05) is 10.9 Å². The van der Waals surface area contributed by atoms with Gasteiger partial charge in [0.05, 0.1) is 0 Å². The van der Waals surface area contributed by atoms with Crippen LogP contribution in [0, 0.1) is 0 Å². The number of rotatable bonds is 1. The molecular formula is C11H10N2O2. The Balaban J connectivity index is 2.64. The lowest BCUT2D eigenvalue weighted by molar-refractivity contribution is 0.0954. The van der Waals surface area contributed by atoms with Gasteiger partial charge in [-0.1, -0.05) is 18.2 Å². The van der Waals surface area contributed by atoms with E-state index in [0.717, 1.165) is 5.39 Å². The number of carbonyl (C=O) groups excluding carboxylic acids is 1. The zero-order chi connectivity index (χ0) is 10.8. The van der Waals surface area contributed by atoms with Crippen molar-refractivity contribution in [1.29, 1.82) is 0 Å². The summed E-state index contributed by atoms with van der Waals surface area (Å²) in [5.41, 5.74) is 2.47. The van der Waals surface area contributed by atoms with Crippen molar-refractivity contribution in [1.82, 2.24) is 5.43 Å². The van der Waals surface area contributed by atoms with Crippen LogP contribution in [0.3, 0.4) is 0 Å². The Bertz CT molecular complexity index is 523. The minimum absolute atomic E-state index is 0.152. The number of amides is 1. The van der Waals surface area contributed by atoms with Gasteiger partial charge in [-0.25, -0.2) is 5.84 Å². The molecule has 76 valence electrons. The second-order valence-electron chi connectivity index (χ2n) is 3.19. The van der Waals surface area contributed by atoms with Crippen molar-refractivity contribution in [2.24, 2.45) is 5.84 Å². The minimum atomic E-state index is -0.375. The second kappa shape index (κ2) is 3.59. The zero-order valence-electron chi connectivity index (χ0n) is 7.90. The van der Waals surface area contributed by atoms with Gasteiger partial charge in [0.1, 0.15) is 5.75 Å². The maximum atomic E-state index is 11.3. The first-order valence-corrected chi connectivity index (χ1v) is 4.45. The van der Waals surface area contributed by atoms with Crippen LogP contribution in [0.25, 0.3) is 10.8 Å². The molecule has 2 aromatic carbocycles. The number of fused-ring (bicyclic) bond motifs is 1. The third kappa shape index (κ3) is 1.62. The average Bonchev–Trinajstić information content (AvgIpc) is 2.28. The minimum Gasteiger partial charge on any atom is -0.507 e. The maximum absolute atomic E-state index is 11.3. The van der Waals surface area contributed by atoms with E-state index in [-0.39, 0.29) is 11.7 Å². The number of aromatic hydroxyl groups is 1. The van der Waals surface area contributed by atoms with Crippen molar-refractivity contribution in [3.8, 4) is 5.75 Å². The van der Waals surface area contributed by atoms with E-state index in [2.05, 4.69) is 0 Å². The highest BCUT2D eigenvalue weighted by Crippen LogP contribution is 2.25. The largest absolute Gasteiger partial charge is 0.507 e. The fraction of sp³-hybridized carbons (Fsp3) is 0. The highest BCUT2D eigenvalue weighted by Gasteiger charge is 2.05. The summed E-state index contributed by atoms with van der Waals surface area (Å²) in [5.74, 6) is 4.80. The summed E-state index contributed by atoms with van der Waals surface area (Å²) in [5, 5.41) is 11.1. The van der Waals surface area contributed by atoms with E-state index in [1.54, 1.807) is 30.3 Å². The number of phenols is 1. The van der Waals surface area contributed by atoms with Crippen LogP contribution in [-0.2, 0) is 0 Å². The summed E-state index contributed by atoms with van der Waals surface area (Å²) in [7, 11) is 0. The molecule has 0 bridgehead atoms. The first-order valence-electron chi connectivity index (χ1n) is 4.45. The first-order chi connectivity index (χ1) is 7.22. The van der Waals surface area contributed by atoms with Crippen molar-refractivity contribution >= 4 is 16.7 Å². The number of nitrogens with two attached hydrogens (primary N) is 1. The third-order valence-corrected chi connectivity index (χ3v) is 2.25. The molecule has 2 rings (SSSR count). The highest BCUT2D eigenvalue weighted by molar-refractivity contribution is 5.99. The number of carbonyl (C=O) groups is 1. The smallest absolute Gasteiger partial charge is 0.265 e. The molecule has 1 amide bonds. The monoisotopic (exact) mass is 202 g/mol. The molecule has 4 N–H and O–H groups in total. The predicted molar refractivity (Wildman–Crippen MR) is 57.3 cm³/mol. The molecule has 0 atom stereocenters. The van der Waals surface area contributed by atoms with Gasteiger partial charge in [0.15, 0.2) is 0 Å². The number of phenolic OH excluding ortho intramolecular Hbond substituents is 1. The summed E-state index contributed by atoms with van der Waals surface area (Å²) in [4.78, 5) is 11.3. The molecule has 0 aromatic heterocycles. The lowest BCUT2D eigenvalue weighted by atomic mass is 10.1. The van der Waals surface area contributed by atoms with Crippen LogP contribution >= 0.6 is 0 Å². The van der Waals surface area contributed by atoms with Crippen molar-refractivity contribution < 1.29 is 9.90 Å². The molecule has 15 heavy (non-hydrogen) atoms. The Morgan fingerprint density at radius 3 is 2.80 bits per heavy atom. The Morgan fingerprint density at radius 2 is 2.07 bits per heavy atom. The van der Waals surface area contributed by atoms with E-state index in [1.807, 2.05) is 11.5 Å². The number of benzene rings is 2. The van der Waals surface area contributed by atoms with Gasteiger partial charge in [-0.3, -0.25) is 10.2 Å². The molecule has 4 nitrogen and oxygen atoms in total. The molecule has 0 fully saturated rings. The molecule has 0 unspecified atom stereocenters. The van der Waals surface area contributed by atoms with Crippen LogP contribution in [0.2, 0.25) is 0 Å². The van der Waals surface area contributed by atoms with E-state index in [0.29, 0.717) is 10.9 Å². The lowest BCUT2D eigenvalue weighted by Gasteiger charge is -2.03. The Labute approximate surface area is 86.3 Å². The Kier molecular flexibility index (Phi) is 2.27. The van der Waals surface area contributed by atoms with Crippen molar-refractivity contribution in [2.45, 2.75) is 0 Å². The molecular weight excluding hydrogens is 192 g/mol. The molecule has 4 heteroatoms. The van der Waals surface area contributed by atoms with Gasteiger partial charge in [-0.2, -0.15) is 0 Å². The van der Waals surface area contributed by atoms with Crippen LogP contribution in [0.1, 0.15) is 10.4 Å². The quantitative estimate of drug-likeness (QED) is 0.369. The number of nitrogen functional groups attached to an aromatic ring is 1. The maximum Gasteiger partial charge on any atom is 0.265 e. The Hall–Kier alpha value is -2.07. The molecule has 0 spiro atoms. The van der Waals surface area contributed by atoms with Crippen molar-refractivity contribution in [2.75, 3.05) is 0 Å². The molecule has 0 heterocycles. The summed E-state index contributed by atoms with van der Waals surface area (Å²) in [6, 6.07) is 10.2. The van der Waals surface area contributed by atoms with Gasteiger partial charge in [0.2, 0.25) is 0 Å². The number of hydrogen-bond acceptors (Lipinski definition) is 3. The van der Waals surface area contributed by atoms with E-state index < -0.39 is 0 Å². The van der Waals surface area contributed by atoms with Crippen LogP contribution in [0.15, 0.2) is 36.4 Å².